The highest BCUT2D eigenvalue weighted by atomic mass is 16.1. The van der Waals surface area contributed by atoms with Gasteiger partial charge in [-0.2, -0.15) is 0 Å². The van der Waals surface area contributed by atoms with Crippen molar-refractivity contribution in [1.82, 2.24) is 5.32 Å². The Morgan fingerprint density at radius 2 is 1.95 bits per heavy atom. The molecule has 2 aromatic rings. The van der Waals surface area contributed by atoms with Crippen molar-refractivity contribution in [3.63, 3.8) is 0 Å². The maximum Gasteiger partial charge on any atom is 0.251 e. The molecule has 3 N–H and O–H groups in total. The number of hydrogen-bond acceptors (Lipinski definition) is 2. The minimum Gasteiger partial charge on any atom is -0.351 e. The van der Waals surface area contributed by atoms with E-state index in [4.69, 9.17) is 5.73 Å². The molecular formula is C17H20N2O. The number of nitrogens with one attached hydrogen (secondary N) is 1. The number of hydrogen-bond donors (Lipinski definition) is 2. The minimum atomic E-state index is -0.0775. The van der Waals surface area contributed by atoms with E-state index < -0.39 is 0 Å². The van der Waals surface area contributed by atoms with Gasteiger partial charge < -0.3 is 11.1 Å². The third-order valence-corrected chi connectivity index (χ3v) is 3.26. The molecule has 0 aromatic heterocycles. The van der Waals surface area contributed by atoms with Gasteiger partial charge in [0.2, 0.25) is 0 Å². The smallest absolute Gasteiger partial charge is 0.251 e. The summed E-state index contributed by atoms with van der Waals surface area (Å²) < 4.78 is 0. The Balaban J connectivity index is 2.32. The molecular weight excluding hydrogens is 248 g/mol. The Bertz CT molecular complexity index is 593. The van der Waals surface area contributed by atoms with Gasteiger partial charge in [-0.05, 0) is 35.2 Å². The summed E-state index contributed by atoms with van der Waals surface area (Å²) in [5.41, 5.74) is 9.61. The molecule has 1 amide bonds. The van der Waals surface area contributed by atoms with Crippen molar-refractivity contribution in [3.05, 3.63) is 59.7 Å². The van der Waals surface area contributed by atoms with Gasteiger partial charge in [-0.15, -0.1) is 0 Å². The topological polar surface area (TPSA) is 55.1 Å². The maximum atomic E-state index is 12.0. The Morgan fingerprint density at radius 1 is 1.15 bits per heavy atom. The third kappa shape index (κ3) is 3.25. The second-order valence-corrected chi connectivity index (χ2v) is 4.64. The van der Waals surface area contributed by atoms with Crippen molar-refractivity contribution in [3.8, 4) is 11.1 Å². The summed E-state index contributed by atoms with van der Waals surface area (Å²) >= 11 is 0. The highest BCUT2D eigenvalue weighted by Crippen LogP contribution is 2.24. The number of carbonyl (C=O) groups is 1. The van der Waals surface area contributed by atoms with E-state index in [1.807, 2.05) is 36.4 Å². The summed E-state index contributed by atoms with van der Waals surface area (Å²) in [5, 5.41) is 2.79. The van der Waals surface area contributed by atoms with Crippen LogP contribution in [0.5, 0.6) is 0 Å². The molecule has 0 heterocycles. The van der Waals surface area contributed by atoms with Gasteiger partial charge in [0.05, 0.1) is 0 Å². The molecule has 0 aliphatic rings. The molecule has 0 aliphatic heterocycles. The zero-order valence-electron chi connectivity index (χ0n) is 11.7. The summed E-state index contributed by atoms with van der Waals surface area (Å²) in [7, 11) is 0. The lowest BCUT2D eigenvalue weighted by molar-refractivity contribution is 0.0955. The Labute approximate surface area is 119 Å². The fourth-order valence-electron chi connectivity index (χ4n) is 2.23. The third-order valence-electron chi connectivity index (χ3n) is 3.26. The van der Waals surface area contributed by atoms with Crippen molar-refractivity contribution in [2.45, 2.75) is 13.3 Å². The van der Waals surface area contributed by atoms with Crippen LogP contribution in [0.2, 0.25) is 0 Å². The number of amides is 1. The lowest BCUT2D eigenvalue weighted by atomic mass is 9.97. The largest absolute Gasteiger partial charge is 0.351 e. The van der Waals surface area contributed by atoms with Crippen molar-refractivity contribution in [2.75, 3.05) is 13.1 Å². The summed E-state index contributed by atoms with van der Waals surface area (Å²) in [6.45, 7) is 3.08. The molecule has 0 fully saturated rings. The first-order valence-electron chi connectivity index (χ1n) is 6.93. The van der Waals surface area contributed by atoms with Crippen molar-refractivity contribution in [1.29, 1.82) is 0 Å². The van der Waals surface area contributed by atoms with E-state index in [1.165, 1.54) is 11.1 Å². The second-order valence-electron chi connectivity index (χ2n) is 4.64. The summed E-state index contributed by atoms with van der Waals surface area (Å²) in [4.78, 5) is 12.0. The van der Waals surface area contributed by atoms with Gasteiger partial charge in [0.25, 0.3) is 5.91 Å². The fraction of sp³-hybridized carbons (Fsp3) is 0.235. The average molecular weight is 268 g/mol. The van der Waals surface area contributed by atoms with Crippen LogP contribution >= 0.6 is 0 Å². The normalized spacial score (nSPS) is 10.3. The predicted octanol–water partition coefficient (Wildman–Crippen LogP) is 2.60. The molecule has 3 heteroatoms. The van der Waals surface area contributed by atoms with Crippen LogP contribution in [0, 0.1) is 0 Å². The molecule has 2 aromatic carbocycles. The summed E-state index contributed by atoms with van der Waals surface area (Å²) in [6.07, 6.45) is 0.972. The van der Waals surface area contributed by atoms with Crippen molar-refractivity contribution >= 4 is 5.91 Å². The van der Waals surface area contributed by atoms with Gasteiger partial charge in [0.1, 0.15) is 0 Å². The molecule has 0 bridgehead atoms. The van der Waals surface area contributed by atoms with Crippen LogP contribution in [0.3, 0.4) is 0 Å². The van der Waals surface area contributed by atoms with E-state index >= 15 is 0 Å². The van der Waals surface area contributed by atoms with Gasteiger partial charge in [-0.3, -0.25) is 4.79 Å². The number of benzene rings is 2. The van der Waals surface area contributed by atoms with Crippen LogP contribution in [0.25, 0.3) is 11.1 Å². The van der Waals surface area contributed by atoms with Gasteiger partial charge in [0, 0.05) is 18.7 Å². The van der Waals surface area contributed by atoms with Gasteiger partial charge in [0.15, 0.2) is 0 Å². The van der Waals surface area contributed by atoms with Crippen LogP contribution in [-0.2, 0) is 6.42 Å². The number of nitrogens with two attached hydrogens (primary N) is 1. The standard InChI is InChI=1S/C17H20N2O/c1-2-13-6-3-4-9-16(13)14-7-5-8-15(12-14)17(20)19-11-10-18/h3-9,12H,2,10-11,18H2,1H3,(H,19,20). The molecule has 104 valence electrons. The highest BCUT2D eigenvalue weighted by molar-refractivity contribution is 5.95. The summed E-state index contributed by atoms with van der Waals surface area (Å²) in [5.74, 6) is -0.0775. The Morgan fingerprint density at radius 3 is 2.70 bits per heavy atom. The fourth-order valence-corrected chi connectivity index (χ4v) is 2.23. The molecule has 0 aliphatic carbocycles. The van der Waals surface area contributed by atoms with E-state index in [9.17, 15) is 4.79 Å². The minimum absolute atomic E-state index is 0.0775. The first-order valence-corrected chi connectivity index (χ1v) is 6.93. The van der Waals surface area contributed by atoms with Crippen LogP contribution < -0.4 is 11.1 Å². The monoisotopic (exact) mass is 268 g/mol. The molecule has 0 saturated heterocycles. The zero-order valence-corrected chi connectivity index (χ0v) is 11.7. The SMILES string of the molecule is CCc1ccccc1-c1cccc(C(=O)NCCN)c1. The molecule has 3 nitrogen and oxygen atoms in total. The lowest BCUT2D eigenvalue weighted by Crippen LogP contribution is -2.28. The maximum absolute atomic E-state index is 12.0. The van der Waals surface area contributed by atoms with E-state index in [-0.39, 0.29) is 5.91 Å². The average Bonchev–Trinajstić information content (AvgIpc) is 2.52. The number of rotatable bonds is 5. The Kier molecular flexibility index (Phi) is 4.91. The first kappa shape index (κ1) is 14.3. The van der Waals surface area contributed by atoms with Crippen molar-refractivity contribution < 1.29 is 4.79 Å². The first-order chi connectivity index (χ1) is 9.76. The molecule has 0 spiro atoms. The number of carbonyl (C=O) groups excluding carboxylic acids is 1. The molecule has 0 atom stereocenters. The predicted molar refractivity (Wildman–Crippen MR) is 82.6 cm³/mol. The van der Waals surface area contributed by atoms with E-state index in [0.717, 1.165) is 12.0 Å². The molecule has 0 unspecified atom stereocenters. The van der Waals surface area contributed by atoms with Crippen LogP contribution in [0.4, 0.5) is 0 Å². The molecule has 2 rings (SSSR count). The van der Waals surface area contributed by atoms with E-state index in [0.29, 0.717) is 18.7 Å². The lowest BCUT2D eigenvalue weighted by Gasteiger charge is -2.10. The molecule has 0 saturated carbocycles. The van der Waals surface area contributed by atoms with Crippen LogP contribution in [0.1, 0.15) is 22.8 Å². The number of aryl methyl sites for hydroxylation is 1. The van der Waals surface area contributed by atoms with Gasteiger partial charge >= 0.3 is 0 Å². The van der Waals surface area contributed by atoms with Crippen LogP contribution in [0.15, 0.2) is 48.5 Å². The van der Waals surface area contributed by atoms with Crippen molar-refractivity contribution in [2.24, 2.45) is 5.73 Å². The Hall–Kier alpha value is -2.13. The highest BCUT2D eigenvalue weighted by Gasteiger charge is 2.08. The van der Waals surface area contributed by atoms with E-state index in [1.54, 1.807) is 0 Å². The molecule has 20 heavy (non-hydrogen) atoms. The van der Waals surface area contributed by atoms with Gasteiger partial charge in [-0.25, -0.2) is 0 Å². The molecule has 0 radical (unpaired) electrons. The zero-order chi connectivity index (χ0) is 14.4. The van der Waals surface area contributed by atoms with Crippen LogP contribution in [-0.4, -0.2) is 19.0 Å². The second kappa shape index (κ2) is 6.87. The van der Waals surface area contributed by atoms with Gasteiger partial charge in [-0.1, -0.05) is 43.3 Å². The van der Waals surface area contributed by atoms with E-state index in [2.05, 4.69) is 24.4 Å². The summed E-state index contributed by atoms with van der Waals surface area (Å²) in [6, 6.07) is 16.0. The quantitative estimate of drug-likeness (QED) is 0.875.